The number of benzene rings is 1. The number of amides is 1. The molecule has 0 bridgehead atoms. The van der Waals surface area contributed by atoms with E-state index >= 15 is 0 Å². The first-order valence-corrected chi connectivity index (χ1v) is 5.87. The first-order valence-electron chi connectivity index (χ1n) is 5.49. The summed E-state index contributed by atoms with van der Waals surface area (Å²) in [5.41, 5.74) is 3.25. The number of nitrogens with one attached hydrogen (secondary N) is 1. The Bertz CT molecular complexity index is 384. The highest BCUT2D eigenvalue weighted by molar-refractivity contribution is 6.30. The van der Waals surface area contributed by atoms with Gasteiger partial charge in [0.05, 0.1) is 0 Å². The summed E-state index contributed by atoms with van der Waals surface area (Å²) in [4.78, 5) is 13.1. The molecule has 0 aromatic heterocycles. The zero-order chi connectivity index (χ0) is 12.8. The lowest BCUT2D eigenvalue weighted by molar-refractivity contribution is -0.121. The Hall–Kier alpha value is -1.10. The van der Waals surface area contributed by atoms with Crippen molar-refractivity contribution in [1.82, 2.24) is 10.3 Å². The highest BCUT2D eigenvalue weighted by atomic mass is 35.5. The Balaban J connectivity index is 2.57. The van der Waals surface area contributed by atoms with E-state index in [1.54, 1.807) is 0 Å². The van der Waals surface area contributed by atoms with Gasteiger partial charge in [-0.2, -0.15) is 0 Å². The minimum absolute atomic E-state index is 0.157. The Labute approximate surface area is 107 Å². The van der Waals surface area contributed by atoms with Gasteiger partial charge >= 0.3 is 0 Å². The molecule has 0 fully saturated rings. The number of carbonyl (C=O) groups excluding carboxylic acids is 1. The highest BCUT2D eigenvalue weighted by Crippen LogP contribution is 2.21. The molecule has 1 aromatic rings. The third-order valence-electron chi connectivity index (χ3n) is 2.84. The van der Waals surface area contributed by atoms with E-state index in [4.69, 9.17) is 17.4 Å². The normalized spacial score (nSPS) is 12.5. The second kappa shape index (κ2) is 6.59. The highest BCUT2D eigenvalue weighted by Gasteiger charge is 2.12. The van der Waals surface area contributed by atoms with Crippen LogP contribution in [0.2, 0.25) is 5.02 Å². The number of hydrogen-bond acceptors (Lipinski definition) is 3. The van der Waals surface area contributed by atoms with Gasteiger partial charge in [0, 0.05) is 24.0 Å². The summed E-state index contributed by atoms with van der Waals surface area (Å²) in [7, 11) is 1.97. The molecule has 0 aliphatic carbocycles. The molecule has 1 unspecified atom stereocenters. The molecule has 5 heteroatoms. The smallest absolute Gasteiger partial charge is 0.235 e. The number of carbonyl (C=O) groups is 1. The Morgan fingerprint density at radius 1 is 1.59 bits per heavy atom. The van der Waals surface area contributed by atoms with Crippen LogP contribution in [-0.4, -0.2) is 24.4 Å². The molecule has 3 N–H and O–H groups in total. The van der Waals surface area contributed by atoms with Crippen molar-refractivity contribution in [3.63, 3.8) is 0 Å². The molecule has 0 heterocycles. The van der Waals surface area contributed by atoms with Crippen molar-refractivity contribution in [3.8, 4) is 0 Å². The van der Waals surface area contributed by atoms with Crippen molar-refractivity contribution >= 4 is 17.5 Å². The van der Waals surface area contributed by atoms with E-state index in [1.807, 2.05) is 31.3 Å². The molecular formula is C12H18ClN3O. The summed E-state index contributed by atoms with van der Waals surface area (Å²) >= 11 is 5.94. The van der Waals surface area contributed by atoms with Crippen LogP contribution in [0.4, 0.5) is 0 Å². The molecule has 94 valence electrons. The van der Waals surface area contributed by atoms with Crippen LogP contribution >= 0.6 is 11.6 Å². The Morgan fingerprint density at radius 2 is 2.29 bits per heavy atom. The van der Waals surface area contributed by atoms with Crippen molar-refractivity contribution in [2.75, 3.05) is 13.6 Å². The second-order valence-electron chi connectivity index (χ2n) is 4.03. The van der Waals surface area contributed by atoms with Crippen molar-refractivity contribution in [1.29, 1.82) is 0 Å². The summed E-state index contributed by atoms with van der Waals surface area (Å²) in [5, 5.41) is 0.724. The maximum atomic E-state index is 11.0. The van der Waals surface area contributed by atoms with E-state index in [9.17, 15) is 4.79 Å². The fourth-order valence-corrected chi connectivity index (χ4v) is 1.76. The minimum atomic E-state index is -0.157. The van der Waals surface area contributed by atoms with Gasteiger partial charge in [-0.25, -0.2) is 5.84 Å². The molecule has 0 aliphatic rings. The molecule has 1 rings (SSSR count). The van der Waals surface area contributed by atoms with Crippen LogP contribution in [-0.2, 0) is 4.79 Å². The molecule has 4 nitrogen and oxygen atoms in total. The van der Waals surface area contributed by atoms with Gasteiger partial charge in [-0.15, -0.1) is 0 Å². The molecule has 1 atom stereocenters. The van der Waals surface area contributed by atoms with E-state index in [-0.39, 0.29) is 11.9 Å². The summed E-state index contributed by atoms with van der Waals surface area (Å²) in [6, 6.07) is 7.94. The van der Waals surface area contributed by atoms with E-state index in [2.05, 4.69) is 17.2 Å². The average Bonchev–Trinajstić information content (AvgIpc) is 2.34. The molecule has 0 saturated heterocycles. The van der Waals surface area contributed by atoms with Gasteiger partial charge in [0.25, 0.3) is 0 Å². The van der Waals surface area contributed by atoms with E-state index < -0.39 is 0 Å². The van der Waals surface area contributed by atoms with Crippen LogP contribution in [0.25, 0.3) is 0 Å². The van der Waals surface area contributed by atoms with Gasteiger partial charge in [0.2, 0.25) is 5.91 Å². The van der Waals surface area contributed by atoms with Gasteiger partial charge in [0.15, 0.2) is 0 Å². The van der Waals surface area contributed by atoms with Gasteiger partial charge in [-0.3, -0.25) is 15.1 Å². The van der Waals surface area contributed by atoms with E-state index in [0.717, 1.165) is 10.6 Å². The zero-order valence-corrected chi connectivity index (χ0v) is 10.9. The van der Waals surface area contributed by atoms with Crippen LogP contribution in [0, 0.1) is 0 Å². The second-order valence-corrected chi connectivity index (χ2v) is 4.47. The van der Waals surface area contributed by atoms with Crippen molar-refractivity contribution in [2.45, 2.75) is 19.4 Å². The molecule has 0 radical (unpaired) electrons. The summed E-state index contributed by atoms with van der Waals surface area (Å²) in [6.45, 7) is 2.72. The van der Waals surface area contributed by atoms with Gasteiger partial charge < -0.3 is 0 Å². The van der Waals surface area contributed by atoms with Crippen LogP contribution in [0.1, 0.15) is 24.9 Å². The van der Waals surface area contributed by atoms with Crippen LogP contribution in [0.5, 0.6) is 0 Å². The van der Waals surface area contributed by atoms with Crippen molar-refractivity contribution in [2.24, 2.45) is 5.84 Å². The fraction of sp³-hybridized carbons (Fsp3) is 0.417. The van der Waals surface area contributed by atoms with Crippen LogP contribution in [0.15, 0.2) is 24.3 Å². The average molecular weight is 256 g/mol. The number of rotatable bonds is 5. The predicted octanol–water partition coefficient (Wildman–Crippen LogP) is 1.71. The number of nitrogens with two attached hydrogens (primary N) is 1. The third kappa shape index (κ3) is 4.34. The van der Waals surface area contributed by atoms with Gasteiger partial charge in [-0.1, -0.05) is 23.7 Å². The summed E-state index contributed by atoms with van der Waals surface area (Å²) in [5.74, 6) is 4.87. The van der Waals surface area contributed by atoms with Crippen molar-refractivity contribution in [3.05, 3.63) is 34.9 Å². The quantitative estimate of drug-likeness (QED) is 0.478. The van der Waals surface area contributed by atoms with Crippen molar-refractivity contribution < 1.29 is 4.79 Å². The fourth-order valence-electron chi connectivity index (χ4n) is 1.56. The SMILES string of the molecule is CC(c1cccc(Cl)c1)N(C)CCC(=O)NN. The molecule has 1 aromatic carbocycles. The maximum Gasteiger partial charge on any atom is 0.235 e. The first-order chi connectivity index (χ1) is 8.04. The monoisotopic (exact) mass is 255 g/mol. The molecule has 0 spiro atoms. The standard InChI is InChI=1S/C12H18ClN3O/c1-9(10-4-3-5-11(13)8-10)16(2)7-6-12(17)15-14/h3-5,8-9H,6-7,14H2,1-2H3,(H,15,17). The topological polar surface area (TPSA) is 58.4 Å². The number of hydrogen-bond donors (Lipinski definition) is 2. The lowest BCUT2D eigenvalue weighted by atomic mass is 10.1. The zero-order valence-electron chi connectivity index (χ0n) is 10.1. The lowest BCUT2D eigenvalue weighted by Crippen LogP contribution is -2.33. The molecule has 17 heavy (non-hydrogen) atoms. The Morgan fingerprint density at radius 3 is 2.88 bits per heavy atom. The number of nitrogens with zero attached hydrogens (tertiary/aromatic N) is 1. The lowest BCUT2D eigenvalue weighted by Gasteiger charge is -2.24. The predicted molar refractivity (Wildman–Crippen MR) is 69.4 cm³/mol. The summed E-state index contributed by atoms with van der Waals surface area (Å²) in [6.07, 6.45) is 0.387. The van der Waals surface area contributed by atoms with Gasteiger partial charge in [0.1, 0.15) is 0 Å². The number of hydrazine groups is 1. The summed E-state index contributed by atoms with van der Waals surface area (Å²) < 4.78 is 0. The van der Waals surface area contributed by atoms with E-state index in [1.165, 1.54) is 0 Å². The minimum Gasteiger partial charge on any atom is -0.299 e. The third-order valence-corrected chi connectivity index (χ3v) is 3.08. The Kier molecular flexibility index (Phi) is 5.41. The molecule has 0 aliphatic heterocycles. The maximum absolute atomic E-state index is 11.0. The first kappa shape index (κ1) is 14.0. The molecule has 1 amide bonds. The van der Waals surface area contributed by atoms with Crippen LogP contribution < -0.4 is 11.3 Å². The van der Waals surface area contributed by atoms with Crippen LogP contribution in [0.3, 0.4) is 0 Å². The largest absolute Gasteiger partial charge is 0.299 e. The number of halogens is 1. The van der Waals surface area contributed by atoms with E-state index in [0.29, 0.717) is 13.0 Å². The molecular weight excluding hydrogens is 238 g/mol. The molecule has 0 saturated carbocycles. The van der Waals surface area contributed by atoms with Gasteiger partial charge in [-0.05, 0) is 31.7 Å².